The fourth-order valence-electron chi connectivity index (χ4n) is 2.70. The first-order valence-electron chi connectivity index (χ1n) is 7.78. The number of carboxylic acid groups (broad SMARTS) is 1. The normalized spacial score (nSPS) is 21.3. The number of carbonyl (C=O) groups excluding carboxylic acids is 2. The Labute approximate surface area is 145 Å². The summed E-state index contributed by atoms with van der Waals surface area (Å²) in [5.74, 6) is -0.815. The molecule has 0 aromatic heterocycles. The third kappa shape index (κ3) is 4.50. The number of aliphatic carboxylic acids is 1. The van der Waals surface area contributed by atoms with Crippen LogP contribution in [0.5, 0.6) is 5.75 Å². The van der Waals surface area contributed by atoms with Gasteiger partial charge in [-0.1, -0.05) is 36.9 Å². The summed E-state index contributed by atoms with van der Waals surface area (Å²) in [5.41, 5.74) is 0. The molecule has 2 rings (SSSR count). The van der Waals surface area contributed by atoms with E-state index in [4.69, 9.17) is 4.74 Å². The minimum Gasteiger partial charge on any atom is -0.488 e. The molecule has 1 aliphatic rings. The lowest BCUT2D eigenvalue weighted by atomic mass is 10.1. The smallest absolute Gasteiger partial charge is 0.330 e. The van der Waals surface area contributed by atoms with Crippen molar-refractivity contribution >= 4 is 28.8 Å². The summed E-state index contributed by atoms with van der Waals surface area (Å²) in [5, 5.41) is 9.49. The van der Waals surface area contributed by atoms with Crippen molar-refractivity contribution in [1.29, 1.82) is 0 Å². The quantitative estimate of drug-likeness (QED) is 0.844. The maximum Gasteiger partial charge on any atom is 0.330 e. The van der Waals surface area contributed by atoms with Crippen LogP contribution < -0.4 is 4.74 Å². The van der Waals surface area contributed by atoms with Crippen LogP contribution in [0.4, 0.5) is 0 Å². The number of para-hydroxylation sites is 1. The van der Waals surface area contributed by atoms with Crippen molar-refractivity contribution in [2.75, 3.05) is 12.3 Å². The molecule has 24 heavy (non-hydrogen) atoms. The monoisotopic (exact) mass is 351 g/mol. The van der Waals surface area contributed by atoms with E-state index in [1.807, 2.05) is 18.2 Å². The highest BCUT2D eigenvalue weighted by Gasteiger charge is 2.44. The number of nitrogens with zero attached hydrogens (tertiary/aromatic N) is 1. The topological polar surface area (TPSA) is 83.9 Å². The molecule has 3 atom stereocenters. The predicted octanol–water partition coefficient (Wildman–Crippen LogP) is 2.04. The van der Waals surface area contributed by atoms with E-state index in [0.717, 1.165) is 11.8 Å². The van der Waals surface area contributed by atoms with Gasteiger partial charge in [-0.3, -0.25) is 9.59 Å². The highest BCUT2D eigenvalue weighted by molar-refractivity contribution is 8.13. The number of benzene rings is 1. The van der Waals surface area contributed by atoms with Crippen LogP contribution in [0.2, 0.25) is 0 Å². The standard InChI is InChI=1S/C17H21NO5S/c1-11(10-24-12(2)19)16(20)18-9-8-14(15(18)17(21)22)23-13-6-4-3-5-7-13/h3-7,11,14-15H,8-10H2,1-2H3,(H,21,22)/t11?,14?,15-/m0/s1. The van der Waals surface area contributed by atoms with Crippen molar-refractivity contribution in [2.24, 2.45) is 5.92 Å². The Morgan fingerprint density at radius 1 is 1.33 bits per heavy atom. The van der Waals surface area contributed by atoms with Crippen LogP contribution in [-0.2, 0) is 14.4 Å². The van der Waals surface area contributed by atoms with E-state index < -0.39 is 24.0 Å². The molecule has 0 radical (unpaired) electrons. The van der Waals surface area contributed by atoms with E-state index in [2.05, 4.69) is 0 Å². The number of amides is 1. The molecule has 0 spiro atoms. The van der Waals surface area contributed by atoms with Crippen molar-refractivity contribution in [1.82, 2.24) is 4.90 Å². The second-order valence-electron chi connectivity index (χ2n) is 5.78. The second kappa shape index (κ2) is 8.19. The van der Waals surface area contributed by atoms with Gasteiger partial charge in [0.05, 0.1) is 0 Å². The summed E-state index contributed by atoms with van der Waals surface area (Å²) in [6.45, 7) is 3.49. The first-order chi connectivity index (χ1) is 11.4. The Morgan fingerprint density at radius 2 is 2.00 bits per heavy atom. The molecule has 1 heterocycles. The van der Waals surface area contributed by atoms with Crippen LogP contribution in [0, 0.1) is 5.92 Å². The molecule has 2 unspecified atom stereocenters. The first-order valence-corrected chi connectivity index (χ1v) is 8.77. The van der Waals surface area contributed by atoms with Crippen molar-refractivity contribution in [3.63, 3.8) is 0 Å². The lowest BCUT2D eigenvalue weighted by Gasteiger charge is -2.27. The van der Waals surface area contributed by atoms with Gasteiger partial charge in [0.15, 0.2) is 11.2 Å². The molecule has 1 aromatic rings. The summed E-state index contributed by atoms with van der Waals surface area (Å²) in [6, 6.07) is 7.97. The van der Waals surface area contributed by atoms with Gasteiger partial charge in [-0.05, 0) is 12.1 Å². The molecule has 0 aliphatic carbocycles. The number of hydrogen-bond donors (Lipinski definition) is 1. The number of rotatable bonds is 6. The van der Waals surface area contributed by atoms with Gasteiger partial charge in [-0.25, -0.2) is 4.79 Å². The number of thioether (sulfide) groups is 1. The van der Waals surface area contributed by atoms with Gasteiger partial charge in [-0.15, -0.1) is 0 Å². The van der Waals surface area contributed by atoms with E-state index in [1.165, 1.54) is 11.8 Å². The third-order valence-corrected chi connectivity index (χ3v) is 4.94. The van der Waals surface area contributed by atoms with Crippen molar-refractivity contribution in [3.05, 3.63) is 30.3 Å². The minimum absolute atomic E-state index is 0.0591. The van der Waals surface area contributed by atoms with E-state index in [1.54, 1.807) is 19.1 Å². The Kier molecular flexibility index (Phi) is 6.25. The Balaban J connectivity index is 2.06. The molecule has 0 bridgehead atoms. The van der Waals surface area contributed by atoms with Gasteiger partial charge in [0, 0.05) is 31.6 Å². The van der Waals surface area contributed by atoms with Crippen LogP contribution in [0.25, 0.3) is 0 Å². The van der Waals surface area contributed by atoms with Crippen molar-refractivity contribution < 1.29 is 24.2 Å². The Hall–Kier alpha value is -2.02. The minimum atomic E-state index is -1.08. The molecule has 130 valence electrons. The van der Waals surface area contributed by atoms with Gasteiger partial charge in [-0.2, -0.15) is 0 Å². The van der Waals surface area contributed by atoms with Crippen molar-refractivity contribution in [3.8, 4) is 5.75 Å². The number of ether oxygens (including phenoxy) is 1. The van der Waals surface area contributed by atoms with Crippen LogP contribution in [0.15, 0.2) is 30.3 Å². The molecule has 1 saturated heterocycles. The first kappa shape index (κ1) is 18.3. The Bertz CT molecular complexity index is 606. The summed E-state index contributed by atoms with van der Waals surface area (Å²) < 4.78 is 5.77. The Morgan fingerprint density at radius 3 is 2.58 bits per heavy atom. The van der Waals surface area contributed by atoms with Crippen LogP contribution in [-0.4, -0.2) is 51.4 Å². The molecular formula is C17H21NO5S. The highest BCUT2D eigenvalue weighted by Crippen LogP contribution is 2.26. The lowest BCUT2D eigenvalue weighted by Crippen LogP contribution is -2.48. The molecule has 6 nitrogen and oxygen atoms in total. The molecule has 7 heteroatoms. The number of likely N-dealkylation sites (tertiary alicyclic amines) is 1. The summed E-state index contributed by atoms with van der Waals surface area (Å²) in [4.78, 5) is 36.6. The summed E-state index contributed by atoms with van der Waals surface area (Å²) in [6.07, 6.45) is -0.119. The van der Waals surface area contributed by atoms with Gasteiger partial charge in [0.2, 0.25) is 5.91 Å². The zero-order valence-corrected chi connectivity index (χ0v) is 14.5. The third-order valence-electron chi connectivity index (χ3n) is 3.87. The molecule has 0 saturated carbocycles. The second-order valence-corrected chi connectivity index (χ2v) is 6.97. The zero-order valence-electron chi connectivity index (χ0n) is 13.7. The van der Waals surface area contributed by atoms with E-state index in [9.17, 15) is 19.5 Å². The van der Waals surface area contributed by atoms with Gasteiger partial charge in [0.25, 0.3) is 0 Å². The molecule has 1 aliphatic heterocycles. The maximum atomic E-state index is 12.6. The SMILES string of the molecule is CC(=O)SCC(C)C(=O)N1CCC(Oc2ccccc2)[C@H]1C(=O)O. The van der Waals surface area contributed by atoms with Gasteiger partial charge in [0.1, 0.15) is 11.9 Å². The number of carboxylic acids is 1. The molecule has 1 amide bonds. The van der Waals surface area contributed by atoms with Crippen LogP contribution in [0.3, 0.4) is 0 Å². The van der Waals surface area contributed by atoms with Crippen molar-refractivity contribution in [2.45, 2.75) is 32.4 Å². The molecule has 1 aromatic carbocycles. The summed E-state index contributed by atoms with van der Waals surface area (Å²) >= 11 is 1.07. The van der Waals surface area contributed by atoms with E-state index in [0.29, 0.717) is 24.5 Å². The average molecular weight is 351 g/mol. The van der Waals surface area contributed by atoms with Crippen LogP contribution >= 0.6 is 11.8 Å². The number of hydrogen-bond acceptors (Lipinski definition) is 5. The fraction of sp³-hybridized carbons (Fsp3) is 0.471. The number of carbonyl (C=O) groups is 3. The average Bonchev–Trinajstić information content (AvgIpc) is 2.96. The summed E-state index contributed by atoms with van der Waals surface area (Å²) in [7, 11) is 0. The molecular weight excluding hydrogens is 330 g/mol. The molecule has 1 fully saturated rings. The van der Waals surface area contributed by atoms with Gasteiger partial charge < -0.3 is 14.7 Å². The highest BCUT2D eigenvalue weighted by atomic mass is 32.2. The predicted molar refractivity (Wildman–Crippen MR) is 90.9 cm³/mol. The zero-order chi connectivity index (χ0) is 17.7. The maximum absolute atomic E-state index is 12.6. The van der Waals surface area contributed by atoms with E-state index in [-0.39, 0.29) is 11.0 Å². The lowest BCUT2D eigenvalue weighted by molar-refractivity contribution is -0.151. The largest absolute Gasteiger partial charge is 0.488 e. The van der Waals surface area contributed by atoms with E-state index >= 15 is 0 Å². The molecule has 1 N–H and O–H groups in total. The fourth-order valence-corrected chi connectivity index (χ4v) is 3.32. The van der Waals surface area contributed by atoms with Crippen LogP contribution in [0.1, 0.15) is 20.3 Å². The van der Waals surface area contributed by atoms with Gasteiger partial charge >= 0.3 is 5.97 Å².